The van der Waals surface area contributed by atoms with Crippen LogP contribution in [0.4, 0.5) is 0 Å². The van der Waals surface area contributed by atoms with Gasteiger partial charge in [0.1, 0.15) is 0 Å². The predicted molar refractivity (Wildman–Crippen MR) is 70.3 cm³/mol. The third kappa shape index (κ3) is 2.31. The highest BCUT2D eigenvalue weighted by Gasteiger charge is 2.25. The average molecular weight is 249 g/mol. The summed E-state index contributed by atoms with van der Waals surface area (Å²) < 4.78 is 1.98. The number of aromatic nitrogens is 2. The van der Waals surface area contributed by atoms with Crippen LogP contribution in [0.1, 0.15) is 49.4 Å². The molecule has 2 aliphatic carbocycles. The first-order valence-corrected chi connectivity index (χ1v) is 7.27. The minimum atomic E-state index is 0.175. The number of rotatable bonds is 5. The van der Waals surface area contributed by atoms with Gasteiger partial charge in [-0.15, -0.1) is 0 Å². The number of hydrogen-bond donors (Lipinski definition) is 2. The highest BCUT2D eigenvalue weighted by atomic mass is 16.3. The smallest absolute Gasteiger partial charge is 0.0644 e. The van der Waals surface area contributed by atoms with Crippen LogP contribution in [0.25, 0.3) is 0 Å². The van der Waals surface area contributed by atoms with E-state index in [2.05, 4.69) is 10.4 Å². The molecule has 3 rings (SSSR count). The molecule has 1 unspecified atom stereocenters. The van der Waals surface area contributed by atoms with E-state index in [0.717, 1.165) is 18.9 Å². The van der Waals surface area contributed by atoms with E-state index in [1.807, 2.05) is 10.9 Å². The molecule has 1 heterocycles. The lowest BCUT2D eigenvalue weighted by Crippen LogP contribution is -2.32. The summed E-state index contributed by atoms with van der Waals surface area (Å²) in [5.41, 5.74) is 2.70. The molecule has 0 radical (unpaired) electrons. The molecule has 4 nitrogen and oxygen atoms in total. The molecule has 0 aromatic carbocycles. The largest absolute Gasteiger partial charge is 0.394 e. The molecule has 0 aliphatic heterocycles. The van der Waals surface area contributed by atoms with Crippen molar-refractivity contribution in [2.45, 2.75) is 51.1 Å². The summed E-state index contributed by atoms with van der Waals surface area (Å²) in [4.78, 5) is 0. The van der Waals surface area contributed by atoms with Crippen molar-refractivity contribution in [3.05, 3.63) is 17.5 Å². The van der Waals surface area contributed by atoms with Crippen LogP contribution in [0.15, 0.2) is 6.20 Å². The topological polar surface area (TPSA) is 50.1 Å². The van der Waals surface area contributed by atoms with Crippen LogP contribution in [0.2, 0.25) is 0 Å². The van der Waals surface area contributed by atoms with Crippen molar-refractivity contribution in [1.29, 1.82) is 0 Å². The lowest BCUT2D eigenvalue weighted by Gasteiger charge is -2.30. The van der Waals surface area contributed by atoms with Gasteiger partial charge in [-0.25, -0.2) is 0 Å². The second kappa shape index (κ2) is 5.41. The van der Waals surface area contributed by atoms with Gasteiger partial charge in [0.05, 0.1) is 19.3 Å². The lowest BCUT2D eigenvalue weighted by molar-refractivity contribution is 0.265. The van der Waals surface area contributed by atoms with Crippen LogP contribution in [-0.2, 0) is 13.0 Å². The van der Waals surface area contributed by atoms with Crippen LogP contribution in [0.3, 0.4) is 0 Å². The van der Waals surface area contributed by atoms with Crippen LogP contribution < -0.4 is 5.32 Å². The maximum absolute atomic E-state index is 9.04. The maximum Gasteiger partial charge on any atom is 0.0644 e. The molecule has 0 bridgehead atoms. The van der Waals surface area contributed by atoms with Gasteiger partial charge in [0.25, 0.3) is 0 Å². The Bertz CT molecular complexity index is 398. The molecule has 0 saturated heterocycles. The molecular formula is C14H23N3O. The maximum atomic E-state index is 9.04. The normalized spacial score (nSPS) is 23.7. The van der Waals surface area contributed by atoms with Crippen LogP contribution in [-0.4, -0.2) is 28.0 Å². The minimum Gasteiger partial charge on any atom is -0.394 e. The van der Waals surface area contributed by atoms with Gasteiger partial charge >= 0.3 is 0 Å². The molecule has 0 spiro atoms. The highest BCUT2D eigenvalue weighted by molar-refractivity contribution is 5.25. The van der Waals surface area contributed by atoms with Crippen molar-refractivity contribution in [2.75, 3.05) is 13.2 Å². The zero-order valence-electron chi connectivity index (χ0n) is 10.9. The Kier molecular flexibility index (Phi) is 3.66. The van der Waals surface area contributed by atoms with E-state index in [4.69, 9.17) is 5.11 Å². The number of hydrogen-bond acceptors (Lipinski definition) is 3. The zero-order chi connectivity index (χ0) is 12.4. The zero-order valence-corrected chi connectivity index (χ0v) is 10.9. The molecule has 1 fully saturated rings. The fraction of sp³-hybridized carbons (Fsp3) is 0.786. The molecule has 4 heteroatoms. The Hall–Kier alpha value is -0.870. The van der Waals surface area contributed by atoms with Gasteiger partial charge in [-0.1, -0.05) is 6.42 Å². The van der Waals surface area contributed by atoms with E-state index in [1.165, 1.54) is 43.4 Å². The molecule has 18 heavy (non-hydrogen) atoms. The number of nitrogens with zero attached hydrogens (tertiary/aromatic N) is 2. The second-order valence-corrected chi connectivity index (χ2v) is 5.64. The summed E-state index contributed by atoms with van der Waals surface area (Å²) in [5, 5.41) is 17.2. The molecule has 2 aliphatic rings. The average Bonchev–Trinajstić information content (AvgIpc) is 2.72. The predicted octanol–water partition coefficient (Wildman–Crippen LogP) is 1.64. The van der Waals surface area contributed by atoms with E-state index in [9.17, 15) is 0 Å². The number of aliphatic hydroxyl groups excluding tert-OH is 1. The van der Waals surface area contributed by atoms with Crippen molar-refractivity contribution < 1.29 is 5.11 Å². The monoisotopic (exact) mass is 249 g/mol. The number of aliphatic hydroxyl groups is 1. The van der Waals surface area contributed by atoms with Gasteiger partial charge in [-0.05, 0) is 44.6 Å². The molecule has 1 atom stereocenters. The summed E-state index contributed by atoms with van der Waals surface area (Å²) in [5.74, 6) is 0.905. The third-order valence-corrected chi connectivity index (χ3v) is 4.45. The first-order chi connectivity index (χ1) is 8.88. The van der Waals surface area contributed by atoms with E-state index in [1.54, 1.807) is 0 Å². The molecule has 100 valence electrons. The summed E-state index contributed by atoms with van der Waals surface area (Å²) in [6.07, 6.45) is 9.78. The van der Waals surface area contributed by atoms with Gasteiger partial charge in [0.2, 0.25) is 0 Å². The molecule has 0 amide bonds. The Morgan fingerprint density at radius 3 is 2.94 bits per heavy atom. The van der Waals surface area contributed by atoms with Crippen LogP contribution in [0, 0.1) is 5.92 Å². The van der Waals surface area contributed by atoms with Crippen molar-refractivity contribution in [1.82, 2.24) is 15.1 Å². The Labute approximate surface area is 108 Å². The van der Waals surface area contributed by atoms with Gasteiger partial charge in [-0.3, -0.25) is 4.68 Å². The van der Waals surface area contributed by atoms with E-state index < -0.39 is 0 Å². The lowest BCUT2D eigenvalue weighted by atomic mass is 9.84. The summed E-state index contributed by atoms with van der Waals surface area (Å²) in [6.45, 7) is 1.97. The standard InChI is InChI=1S/C14H23N3O/c18-8-7-17-14-6-2-5-13(12(14)10-16-17)15-9-11-3-1-4-11/h10-11,13,15,18H,1-9H2. The number of fused-ring (bicyclic) bond motifs is 1. The summed E-state index contributed by atoms with van der Waals surface area (Å²) in [7, 11) is 0. The fourth-order valence-corrected chi connectivity index (χ4v) is 3.12. The molecule has 2 N–H and O–H groups in total. The van der Waals surface area contributed by atoms with Gasteiger partial charge in [-0.2, -0.15) is 5.10 Å². The molecular weight excluding hydrogens is 226 g/mol. The van der Waals surface area contributed by atoms with Gasteiger partial charge in [0, 0.05) is 17.3 Å². The first kappa shape index (κ1) is 12.2. The van der Waals surface area contributed by atoms with Gasteiger partial charge < -0.3 is 10.4 Å². The third-order valence-electron chi connectivity index (χ3n) is 4.45. The van der Waals surface area contributed by atoms with E-state index in [0.29, 0.717) is 12.6 Å². The Morgan fingerprint density at radius 1 is 1.33 bits per heavy atom. The van der Waals surface area contributed by atoms with Crippen LogP contribution in [0.5, 0.6) is 0 Å². The quantitative estimate of drug-likeness (QED) is 0.834. The van der Waals surface area contributed by atoms with Crippen molar-refractivity contribution in [3.8, 4) is 0 Å². The van der Waals surface area contributed by atoms with E-state index in [-0.39, 0.29) is 6.61 Å². The number of nitrogens with one attached hydrogen (secondary N) is 1. The molecule has 1 aromatic heterocycles. The van der Waals surface area contributed by atoms with Crippen LogP contribution >= 0.6 is 0 Å². The minimum absolute atomic E-state index is 0.175. The SMILES string of the molecule is OCCn1ncc2c1CCCC2NCC1CCC1. The van der Waals surface area contributed by atoms with Gasteiger partial charge in [0.15, 0.2) is 0 Å². The fourth-order valence-electron chi connectivity index (χ4n) is 3.12. The first-order valence-electron chi connectivity index (χ1n) is 7.27. The molecule has 1 aromatic rings. The summed E-state index contributed by atoms with van der Waals surface area (Å²) in [6, 6.07) is 0.488. The second-order valence-electron chi connectivity index (χ2n) is 5.64. The highest BCUT2D eigenvalue weighted by Crippen LogP contribution is 2.31. The molecule has 1 saturated carbocycles. The van der Waals surface area contributed by atoms with Crippen molar-refractivity contribution in [2.24, 2.45) is 5.92 Å². The Morgan fingerprint density at radius 2 is 2.22 bits per heavy atom. The van der Waals surface area contributed by atoms with Crippen molar-refractivity contribution >= 4 is 0 Å². The summed E-state index contributed by atoms with van der Waals surface area (Å²) >= 11 is 0. The van der Waals surface area contributed by atoms with Crippen molar-refractivity contribution in [3.63, 3.8) is 0 Å². The Balaban J connectivity index is 1.66. The van der Waals surface area contributed by atoms with E-state index >= 15 is 0 Å².